The second-order valence-corrected chi connectivity index (χ2v) is 6.11. The van der Waals surface area contributed by atoms with Gasteiger partial charge in [0.1, 0.15) is 0 Å². The molecule has 0 aromatic carbocycles. The lowest BCUT2D eigenvalue weighted by Gasteiger charge is -2.30. The van der Waals surface area contributed by atoms with Crippen LogP contribution in [0.1, 0.15) is 37.2 Å². The third-order valence-electron chi connectivity index (χ3n) is 4.37. The van der Waals surface area contributed by atoms with Crippen LogP contribution in [-0.4, -0.2) is 35.2 Å². The molecule has 0 unspecified atom stereocenters. The van der Waals surface area contributed by atoms with Crippen LogP contribution in [0.3, 0.4) is 0 Å². The number of fused-ring (bicyclic) bond motifs is 1. The van der Waals surface area contributed by atoms with Gasteiger partial charge in [0.15, 0.2) is 0 Å². The van der Waals surface area contributed by atoms with Gasteiger partial charge < -0.3 is 4.90 Å². The molecule has 0 radical (unpaired) electrons. The zero-order chi connectivity index (χ0) is 13.2. The molecule has 2 heterocycles. The highest BCUT2D eigenvalue weighted by Gasteiger charge is 2.24. The molecule has 2 aromatic rings. The molecule has 0 spiro atoms. The molecule has 3 rings (SSSR count). The Hall–Kier alpha value is -1.35. The first kappa shape index (κ1) is 12.7. The SMILES string of the molecule is CN(C)CC1CCC(c2cnn3ccccc23)CC1. The summed E-state index contributed by atoms with van der Waals surface area (Å²) < 4.78 is 2.00. The molecule has 1 fully saturated rings. The molecule has 0 atom stereocenters. The van der Waals surface area contributed by atoms with E-state index in [-0.39, 0.29) is 0 Å². The van der Waals surface area contributed by atoms with E-state index in [1.807, 2.05) is 16.8 Å². The molecule has 0 N–H and O–H groups in total. The standard InChI is InChI=1S/C16H23N3/c1-18(2)12-13-6-8-14(9-7-13)15-11-17-19-10-4-3-5-16(15)19/h3-5,10-11,13-14H,6-9,12H2,1-2H3. The maximum Gasteiger partial charge on any atom is 0.0696 e. The lowest BCUT2D eigenvalue weighted by molar-refractivity contribution is 0.250. The van der Waals surface area contributed by atoms with Crippen molar-refractivity contribution < 1.29 is 0 Å². The summed E-state index contributed by atoms with van der Waals surface area (Å²) in [5.41, 5.74) is 2.74. The first-order valence-electron chi connectivity index (χ1n) is 7.31. The fraction of sp³-hybridized carbons (Fsp3) is 0.562. The van der Waals surface area contributed by atoms with Crippen LogP contribution in [0, 0.1) is 5.92 Å². The van der Waals surface area contributed by atoms with Crippen LogP contribution in [0.2, 0.25) is 0 Å². The quantitative estimate of drug-likeness (QED) is 0.842. The number of hydrogen-bond acceptors (Lipinski definition) is 2. The van der Waals surface area contributed by atoms with E-state index in [9.17, 15) is 0 Å². The third kappa shape index (κ3) is 2.66. The Morgan fingerprint density at radius 1 is 1.21 bits per heavy atom. The number of nitrogens with zero attached hydrogens (tertiary/aromatic N) is 3. The second kappa shape index (κ2) is 5.33. The van der Waals surface area contributed by atoms with Crippen LogP contribution in [-0.2, 0) is 0 Å². The Kier molecular flexibility index (Phi) is 3.56. The molecule has 1 saturated carbocycles. The molecule has 1 aliphatic rings. The van der Waals surface area contributed by atoms with Gasteiger partial charge in [-0.05, 0) is 63.7 Å². The summed E-state index contributed by atoms with van der Waals surface area (Å²) in [7, 11) is 4.36. The van der Waals surface area contributed by atoms with Gasteiger partial charge in [-0.1, -0.05) is 6.07 Å². The van der Waals surface area contributed by atoms with Gasteiger partial charge in [-0.2, -0.15) is 5.10 Å². The van der Waals surface area contributed by atoms with E-state index in [1.165, 1.54) is 43.3 Å². The van der Waals surface area contributed by atoms with Crippen LogP contribution in [0.15, 0.2) is 30.6 Å². The number of rotatable bonds is 3. The monoisotopic (exact) mass is 257 g/mol. The largest absolute Gasteiger partial charge is 0.309 e. The van der Waals surface area contributed by atoms with Crippen LogP contribution in [0.25, 0.3) is 5.52 Å². The van der Waals surface area contributed by atoms with Gasteiger partial charge in [0, 0.05) is 18.3 Å². The number of hydrogen-bond donors (Lipinski definition) is 0. The summed E-state index contributed by atoms with van der Waals surface area (Å²) in [5.74, 6) is 1.59. The molecular formula is C16H23N3. The van der Waals surface area contributed by atoms with E-state index in [2.05, 4.69) is 42.4 Å². The number of pyridine rings is 1. The lowest BCUT2D eigenvalue weighted by atomic mass is 9.79. The molecule has 3 heteroatoms. The predicted molar refractivity (Wildman–Crippen MR) is 78.4 cm³/mol. The smallest absolute Gasteiger partial charge is 0.0696 e. The Bertz CT molecular complexity index is 536. The summed E-state index contributed by atoms with van der Waals surface area (Å²) in [6.07, 6.45) is 9.45. The predicted octanol–water partition coefficient (Wildman–Crippen LogP) is 3.17. The molecule has 0 aliphatic heterocycles. The minimum Gasteiger partial charge on any atom is -0.309 e. The van der Waals surface area contributed by atoms with Gasteiger partial charge in [-0.3, -0.25) is 0 Å². The van der Waals surface area contributed by atoms with E-state index < -0.39 is 0 Å². The van der Waals surface area contributed by atoms with Gasteiger partial charge >= 0.3 is 0 Å². The average molecular weight is 257 g/mol. The van der Waals surface area contributed by atoms with E-state index in [1.54, 1.807) is 0 Å². The first-order chi connectivity index (χ1) is 9.24. The van der Waals surface area contributed by atoms with Crippen LogP contribution in [0.5, 0.6) is 0 Å². The molecular weight excluding hydrogens is 234 g/mol. The van der Waals surface area contributed by atoms with Crippen LogP contribution < -0.4 is 0 Å². The minimum atomic E-state index is 0.707. The summed E-state index contributed by atoms with van der Waals surface area (Å²) in [4.78, 5) is 2.32. The normalized spacial score (nSPS) is 24.2. The Balaban J connectivity index is 1.71. The van der Waals surface area contributed by atoms with Crippen molar-refractivity contribution in [3.05, 3.63) is 36.2 Å². The van der Waals surface area contributed by atoms with Crippen molar-refractivity contribution in [2.75, 3.05) is 20.6 Å². The zero-order valence-corrected chi connectivity index (χ0v) is 11.9. The van der Waals surface area contributed by atoms with Crippen molar-refractivity contribution >= 4 is 5.52 Å². The third-order valence-corrected chi connectivity index (χ3v) is 4.37. The van der Waals surface area contributed by atoms with Crippen molar-refractivity contribution in [2.24, 2.45) is 5.92 Å². The molecule has 102 valence electrons. The van der Waals surface area contributed by atoms with E-state index in [4.69, 9.17) is 0 Å². The fourth-order valence-corrected chi connectivity index (χ4v) is 3.44. The fourth-order valence-electron chi connectivity index (χ4n) is 3.44. The average Bonchev–Trinajstić information content (AvgIpc) is 2.83. The van der Waals surface area contributed by atoms with E-state index in [0.717, 1.165) is 5.92 Å². The van der Waals surface area contributed by atoms with Crippen molar-refractivity contribution in [1.29, 1.82) is 0 Å². The minimum absolute atomic E-state index is 0.707. The molecule has 0 saturated heterocycles. The zero-order valence-electron chi connectivity index (χ0n) is 11.9. The van der Waals surface area contributed by atoms with Gasteiger partial charge in [0.05, 0.1) is 11.7 Å². The van der Waals surface area contributed by atoms with Gasteiger partial charge in [-0.15, -0.1) is 0 Å². The molecule has 0 bridgehead atoms. The van der Waals surface area contributed by atoms with Gasteiger partial charge in [0.2, 0.25) is 0 Å². The van der Waals surface area contributed by atoms with Crippen LogP contribution >= 0.6 is 0 Å². The lowest BCUT2D eigenvalue weighted by Crippen LogP contribution is -2.25. The topological polar surface area (TPSA) is 20.5 Å². The molecule has 19 heavy (non-hydrogen) atoms. The Labute approximate surface area is 115 Å². The van der Waals surface area contributed by atoms with Crippen LogP contribution in [0.4, 0.5) is 0 Å². The van der Waals surface area contributed by atoms with Gasteiger partial charge in [-0.25, -0.2) is 4.52 Å². The Morgan fingerprint density at radius 3 is 2.74 bits per heavy atom. The highest BCUT2D eigenvalue weighted by atomic mass is 15.2. The second-order valence-electron chi connectivity index (χ2n) is 6.11. The molecule has 2 aromatic heterocycles. The van der Waals surface area contributed by atoms with Crippen molar-refractivity contribution in [2.45, 2.75) is 31.6 Å². The highest BCUT2D eigenvalue weighted by molar-refractivity contribution is 5.55. The van der Waals surface area contributed by atoms with Crippen molar-refractivity contribution in [3.63, 3.8) is 0 Å². The summed E-state index contributed by atoms with van der Waals surface area (Å²) in [6.45, 7) is 1.24. The molecule has 3 nitrogen and oxygen atoms in total. The summed E-state index contributed by atoms with van der Waals surface area (Å²) in [6, 6.07) is 6.34. The van der Waals surface area contributed by atoms with E-state index in [0.29, 0.717) is 5.92 Å². The first-order valence-corrected chi connectivity index (χ1v) is 7.31. The van der Waals surface area contributed by atoms with Crippen molar-refractivity contribution in [1.82, 2.24) is 14.5 Å². The van der Waals surface area contributed by atoms with Crippen molar-refractivity contribution in [3.8, 4) is 0 Å². The Morgan fingerprint density at radius 2 is 2.00 bits per heavy atom. The molecule has 0 amide bonds. The molecule has 1 aliphatic carbocycles. The number of aromatic nitrogens is 2. The van der Waals surface area contributed by atoms with Gasteiger partial charge in [0.25, 0.3) is 0 Å². The highest BCUT2D eigenvalue weighted by Crippen LogP contribution is 2.37. The maximum absolute atomic E-state index is 4.47. The summed E-state index contributed by atoms with van der Waals surface area (Å²) in [5, 5.41) is 4.47. The van der Waals surface area contributed by atoms with E-state index >= 15 is 0 Å². The maximum atomic E-state index is 4.47. The summed E-state index contributed by atoms with van der Waals surface area (Å²) >= 11 is 0.